The van der Waals surface area contributed by atoms with E-state index in [1.165, 1.54) is 12.1 Å². The molecule has 0 aliphatic carbocycles. The largest absolute Gasteiger partial charge is 0.497 e. The number of hydrogen-bond acceptors (Lipinski definition) is 3. The van der Waals surface area contributed by atoms with Gasteiger partial charge in [-0.1, -0.05) is 42.1 Å². The molecule has 3 nitrogen and oxygen atoms in total. The van der Waals surface area contributed by atoms with Gasteiger partial charge in [-0.05, 0) is 35.4 Å². The van der Waals surface area contributed by atoms with Crippen molar-refractivity contribution in [3.8, 4) is 5.75 Å². The molecule has 0 saturated carbocycles. The van der Waals surface area contributed by atoms with Gasteiger partial charge in [-0.3, -0.25) is 4.99 Å². The van der Waals surface area contributed by atoms with E-state index in [2.05, 4.69) is 16.5 Å². The van der Waals surface area contributed by atoms with Gasteiger partial charge in [0.1, 0.15) is 11.6 Å². The summed E-state index contributed by atoms with van der Waals surface area (Å²) in [7, 11) is 3.45. The smallest absolute Gasteiger partial charge is 0.159 e. The SMILES string of the molecule is C=CCSC(=NC)N(Cc1ccc(F)cc1)Cc1ccc(OC)cc1. The first kappa shape index (κ1) is 19.1. The van der Waals surface area contributed by atoms with Gasteiger partial charge in [-0.25, -0.2) is 4.39 Å². The van der Waals surface area contributed by atoms with Gasteiger partial charge in [0.05, 0.1) is 7.11 Å². The Morgan fingerprint density at radius 3 is 2.16 bits per heavy atom. The van der Waals surface area contributed by atoms with E-state index in [-0.39, 0.29) is 5.82 Å². The maximum Gasteiger partial charge on any atom is 0.159 e. The van der Waals surface area contributed by atoms with E-state index in [1.54, 1.807) is 25.9 Å². The van der Waals surface area contributed by atoms with Crippen molar-refractivity contribution >= 4 is 16.9 Å². The number of methoxy groups -OCH3 is 1. The summed E-state index contributed by atoms with van der Waals surface area (Å²) in [5.41, 5.74) is 2.19. The molecule has 0 unspecified atom stereocenters. The lowest BCUT2D eigenvalue weighted by atomic mass is 10.1. The fourth-order valence-electron chi connectivity index (χ4n) is 2.38. The molecular formula is C20H23FN2OS. The van der Waals surface area contributed by atoms with Crippen molar-refractivity contribution in [3.05, 3.63) is 78.1 Å². The Labute approximate surface area is 153 Å². The third-order valence-electron chi connectivity index (χ3n) is 3.61. The van der Waals surface area contributed by atoms with Crippen molar-refractivity contribution in [3.63, 3.8) is 0 Å². The van der Waals surface area contributed by atoms with Crippen LogP contribution in [0.25, 0.3) is 0 Å². The highest BCUT2D eigenvalue weighted by molar-refractivity contribution is 8.13. The molecule has 2 aromatic carbocycles. The summed E-state index contributed by atoms with van der Waals surface area (Å²) in [5.74, 6) is 1.39. The summed E-state index contributed by atoms with van der Waals surface area (Å²) >= 11 is 1.64. The molecule has 0 aromatic heterocycles. The van der Waals surface area contributed by atoms with Crippen LogP contribution in [0.3, 0.4) is 0 Å². The summed E-state index contributed by atoms with van der Waals surface area (Å²) in [5, 5.41) is 0.931. The van der Waals surface area contributed by atoms with Gasteiger partial charge in [-0.15, -0.1) is 6.58 Å². The van der Waals surface area contributed by atoms with E-state index in [1.807, 2.05) is 42.5 Å². The first-order valence-corrected chi connectivity index (χ1v) is 8.97. The zero-order valence-corrected chi connectivity index (χ0v) is 15.4. The minimum atomic E-state index is -0.226. The van der Waals surface area contributed by atoms with Crippen LogP contribution in [0.15, 0.2) is 66.2 Å². The second-order valence-corrected chi connectivity index (χ2v) is 6.42. The van der Waals surface area contributed by atoms with E-state index >= 15 is 0 Å². The standard InChI is InChI=1S/C20H23FN2OS/c1-4-13-25-20(22-2)23(14-16-5-9-18(21)10-6-16)15-17-7-11-19(24-3)12-8-17/h4-12H,1,13-15H2,2-3H3. The van der Waals surface area contributed by atoms with Crippen molar-refractivity contribution in [2.24, 2.45) is 4.99 Å². The first-order chi connectivity index (χ1) is 12.2. The molecule has 2 aromatic rings. The van der Waals surface area contributed by atoms with Crippen LogP contribution in [0.1, 0.15) is 11.1 Å². The molecule has 0 radical (unpaired) electrons. The van der Waals surface area contributed by atoms with Crippen molar-refractivity contribution in [1.29, 1.82) is 0 Å². The molecule has 2 rings (SSSR count). The summed E-state index contributed by atoms with van der Waals surface area (Å²) in [6, 6.07) is 14.6. The van der Waals surface area contributed by atoms with Crippen LogP contribution in [0.5, 0.6) is 5.75 Å². The van der Waals surface area contributed by atoms with Crippen LogP contribution in [0.2, 0.25) is 0 Å². The number of nitrogens with zero attached hydrogens (tertiary/aromatic N) is 2. The summed E-state index contributed by atoms with van der Waals surface area (Å²) in [6.45, 7) is 5.14. The average molecular weight is 358 g/mol. The van der Waals surface area contributed by atoms with E-state index in [4.69, 9.17) is 4.74 Å². The summed E-state index contributed by atoms with van der Waals surface area (Å²) in [4.78, 5) is 6.61. The Kier molecular flexibility index (Phi) is 7.54. The molecule has 0 N–H and O–H groups in total. The molecule has 5 heteroatoms. The van der Waals surface area contributed by atoms with Gasteiger partial charge in [0.2, 0.25) is 0 Å². The fraction of sp³-hybridized carbons (Fsp3) is 0.250. The molecule has 0 saturated heterocycles. The van der Waals surface area contributed by atoms with Crippen molar-refractivity contribution < 1.29 is 9.13 Å². The lowest BCUT2D eigenvalue weighted by molar-refractivity contribution is 0.408. The molecule has 0 heterocycles. The Hall–Kier alpha value is -2.27. The second kappa shape index (κ2) is 9.89. The number of ether oxygens (including phenoxy) is 1. The number of thioether (sulfide) groups is 1. The number of hydrogen-bond donors (Lipinski definition) is 0. The minimum Gasteiger partial charge on any atom is -0.497 e. The lowest BCUT2D eigenvalue weighted by Gasteiger charge is -2.26. The molecule has 0 aliphatic heterocycles. The molecule has 0 aliphatic rings. The molecule has 0 bridgehead atoms. The third kappa shape index (κ3) is 5.94. The highest BCUT2D eigenvalue weighted by atomic mass is 32.2. The van der Waals surface area contributed by atoms with Gasteiger partial charge >= 0.3 is 0 Å². The number of aliphatic imine (C=N–C) groups is 1. The highest BCUT2D eigenvalue weighted by Gasteiger charge is 2.13. The molecule has 0 fully saturated rings. The zero-order chi connectivity index (χ0) is 18.1. The Bertz CT molecular complexity index is 699. The quantitative estimate of drug-likeness (QED) is 0.406. The van der Waals surface area contributed by atoms with Gasteiger partial charge in [0.25, 0.3) is 0 Å². The molecule has 0 atom stereocenters. The van der Waals surface area contributed by atoms with Crippen molar-refractivity contribution in [2.75, 3.05) is 19.9 Å². The van der Waals surface area contributed by atoms with Gasteiger partial charge in [0.15, 0.2) is 5.17 Å². The molecular weight excluding hydrogens is 335 g/mol. The first-order valence-electron chi connectivity index (χ1n) is 7.99. The number of rotatable bonds is 7. The van der Waals surface area contributed by atoms with Crippen LogP contribution >= 0.6 is 11.8 Å². The number of benzene rings is 2. The van der Waals surface area contributed by atoms with Crippen LogP contribution in [0.4, 0.5) is 4.39 Å². The predicted octanol–water partition coefficient (Wildman–Crippen LogP) is 4.74. The van der Waals surface area contributed by atoms with E-state index < -0.39 is 0 Å². The number of halogens is 1. The van der Waals surface area contributed by atoms with Crippen LogP contribution in [-0.4, -0.2) is 30.0 Å². The molecule has 25 heavy (non-hydrogen) atoms. The van der Waals surface area contributed by atoms with Crippen LogP contribution in [-0.2, 0) is 13.1 Å². The van der Waals surface area contributed by atoms with Crippen LogP contribution in [0, 0.1) is 5.82 Å². The maximum atomic E-state index is 13.2. The zero-order valence-electron chi connectivity index (χ0n) is 14.6. The Balaban J connectivity index is 2.19. The predicted molar refractivity (Wildman–Crippen MR) is 105 cm³/mol. The van der Waals surface area contributed by atoms with Crippen molar-refractivity contribution in [1.82, 2.24) is 4.90 Å². The Morgan fingerprint density at radius 2 is 1.68 bits per heavy atom. The molecule has 0 amide bonds. The monoisotopic (exact) mass is 358 g/mol. The molecule has 0 spiro atoms. The second-order valence-electron chi connectivity index (χ2n) is 5.44. The van der Waals surface area contributed by atoms with Gasteiger partial charge in [0, 0.05) is 25.9 Å². The molecule has 132 valence electrons. The number of amidine groups is 1. The third-order valence-corrected chi connectivity index (χ3v) is 4.71. The highest BCUT2D eigenvalue weighted by Crippen LogP contribution is 2.19. The van der Waals surface area contributed by atoms with Crippen molar-refractivity contribution in [2.45, 2.75) is 13.1 Å². The lowest BCUT2D eigenvalue weighted by Crippen LogP contribution is -2.28. The van der Waals surface area contributed by atoms with E-state index in [0.717, 1.165) is 27.8 Å². The topological polar surface area (TPSA) is 24.8 Å². The van der Waals surface area contributed by atoms with Gasteiger partial charge < -0.3 is 9.64 Å². The maximum absolute atomic E-state index is 13.2. The van der Waals surface area contributed by atoms with Gasteiger partial charge in [-0.2, -0.15) is 0 Å². The Morgan fingerprint density at radius 1 is 1.12 bits per heavy atom. The van der Waals surface area contributed by atoms with Crippen LogP contribution < -0.4 is 4.74 Å². The van der Waals surface area contributed by atoms with E-state index in [9.17, 15) is 4.39 Å². The minimum absolute atomic E-state index is 0.226. The summed E-state index contributed by atoms with van der Waals surface area (Å²) in [6.07, 6.45) is 1.86. The van der Waals surface area contributed by atoms with E-state index in [0.29, 0.717) is 13.1 Å². The normalized spacial score (nSPS) is 11.2. The summed E-state index contributed by atoms with van der Waals surface area (Å²) < 4.78 is 18.4. The fourth-order valence-corrected chi connectivity index (χ4v) is 3.09. The average Bonchev–Trinajstić information content (AvgIpc) is 2.64.